The molecule has 0 N–H and O–H groups in total. The number of hydrogen-bond donors (Lipinski definition) is 0. The minimum Gasteiger partial charge on any atom is -0.465 e. The van der Waals surface area contributed by atoms with Crippen molar-refractivity contribution < 1.29 is 37.3 Å². The quantitative estimate of drug-likeness (QED) is 0.555. The highest BCUT2D eigenvalue weighted by Crippen LogP contribution is 2.53. The van der Waals surface area contributed by atoms with E-state index < -0.39 is 18.2 Å². The summed E-state index contributed by atoms with van der Waals surface area (Å²) in [5, 5.41) is 0. The van der Waals surface area contributed by atoms with E-state index in [2.05, 4.69) is 41.3 Å². The second-order valence-corrected chi connectivity index (χ2v) is 6.98. The minimum atomic E-state index is -3.84. The summed E-state index contributed by atoms with van der Waals surface area (Å²) in [6.45, 7) is 0. The van der Waals surface area contributed by atoms with Gasteiger partial charge in [-0.3, -0.25) is 0 Å². The molecule has 1 aromatic carbocycles. The molecule has 2 aliphatic heterocycles. The number of allylic oxidation sites excluding steroid dienone is 2. The topological polar surface area (TPSA) is 74.3 Å². The molecule has 0 atom stereocenters. The van der Waals surface area contributed by atoms with Gasteiger partial charge in [0.15, 0.2) is 11.5 Å². The number of alkyl halides is 2. The third kappa shape index (κ3) is 3.51. The van der Waals surface area contributed by atoms with E-state index in [-0.39, 0.29) is 37.4 Å². The van der Waals surface area contributed by atoms with E-state index in [1.807, 2.05) is 0 Å². The van der Waals surface area contributed by atoms with Crippen LogP contribution in [0, 0.1) is 0 Å². The van der Waals surface area contributed by atoms with Crippen molar-refractivity contribution in [3.63, 3.8) is 0 Å². The number of methoxy groups -OCH3 is 2. The van der Waals surface area contributed by atoms with Crippen molar-refractivity contribution in [2.45, 2.75) is 6.29 Å². The average Bonchev–Trinajstić information content (AvgIpc) is 2.81. The first-order valence-electron chi connectivity index (χ1n) is 7.53. The molecule has 0 radical (unpaired) electrons. The van der Waals surface area contributed by atoms with Crippen molar-refractivity contribution in [2.75, 3.05) is 19.1 Å². The molecule has 0 aliphatic carbocycles. The largest absolute Gasteiger partial charge is 0.586 e. The Balaban J connectivity index is 2.25. The van der Waals surface area contributed by atoms with Crippen LogP contribution in [0.5, 0.6) is 11.5 Å². The van der Waals surface area contributed by atoms with Crippen molar-refractivity contribution in [3.8, 4) is 11.5 Å². The maximum atomic E-state index is 13.5. The van der Waals surface area contributed by atoms with Crippen LogP contribution in [-0.4, -0.2) is 32.5 Å². The number of fused-ring (bicyclic) bond motifs is 1. The molecule has 28 heavy (non-hydrogen) atoms. The van der Waals surface area contributed by atoms with Gasteiger partial charge in [0, 0.05) is 16.7 Å². The predicted molar refractivity (Wildman–Crippen MR) is 99.9 cm³/mol. The maximum absolute atomic E-state index is 13.5. The van der Waals surface area contributed by atoms with Crippen LogP contribution < -0.4 is 14.4 Å². The Hall–Kier alpha value is -2.40. The monoisotopic (exact) mass is 521 g/mol. The van der Waals surface area contributed by atoms with Crippen LogP contribution in [0.3, 0.4) is 0 Å². The normalized spacial score (nSPS) is 16.9. The van der Waals surface area contributed by atoms with Crippen LogP contribution in [0.25, 0.3) is 0 Å². The molecular formula is C17H11Br2F2NO6. The van der Waals surface area contributed by atoms with Crippen molar-refractivity contribution in [2.24, 2.45) is 0 Å². The van der Waals surface area contributed by atoms with E-state index in [9.17, 15) is 18.4 Å². The zero-order valence-electron chi connectivity index (χ0n) is 14.3. The SMILES string of the molecule is COC(=O)C1=C(C(=O)OC)N(c2c(Br)cc3c(c2Br)OC(F)(F)O3)C=CC=C1. The van der Waals surface area contributed by atoms with E-state index in [1.54, 1.807) is 0 Å². The Morgan fingerprint density at radius 2 is 1.79 bits per heavy atom. The summed E-state index contributed by atoms with van der Waals surface area (Å²) >= 11 is 6.49. The van der Waals surface area contributed by atoms with Gasteiger partial charge in [-0.2, -0.15) is 0 Å². The fourth-order valence-corrected chi connectivity index (χ4v) is 4.11. The van der Waals surface area contributed by atoms with Gasteiger partial charge in [-0.05, 0) is 44.0 Å². The van der Waals surface area contributed by atoms with E-state index in [1.165, 1.54) is 35.4 Å². The molecule has 148 valence electrons. The molecule has 2 heterocycles. The molecule has 2 aliphatic rings. The molecule has 0 spiro atoms. The number of anilines is 1. The van der Waals surface area contributed by atoms with Gasteiger partial charge in [-0.1, -0.05) is 6.08 Å². The zero-order chi connectivity index (χ0) is 20.6. The van der Waals surface area contributed by atoms with Gasteiger partial charge in [0.05, 0.1) is 30.0 Å². The maximum Gasteiger partial charge on any atom is 0.586 e. The number of carbonyl (C=O) groups is 2. The van der Waals surface area contributed by atoms with E-state index in [0.29, 0.717) is 0 Å². The number of nitrogens with zero attached hydrogens (tertiary/aromatic N) is 1. The van der Waals surface area contributed by atoms with Gasteiger partial charge in [0.2, 0.25) is 0 Å². The lowest BCUT2D eigenvalue weighted by molar-refractivity contribution is -0.286. The van der Waals surface area contributed by atoms with Crippen LogP contribution in [-0.2, 0) is 19.1 Å². The van der Waals surface area contributed by atoms with Crippen LogP contribution in [0.15, 0.2) is 50.7 Å². The van der Waals surface area contributed by atoms with Gasteiger partial charge in [0.25, 0.3) is 0 Å². The lowest BCUT2D eigenvalue weighted by Crippen LogP contribution is -2.27. The molecule has 7 nitrogen and oxygen atoms in total. The Morgan fingerprint density at radius 1 is 1.11 bits per heavy atom. The van der Waals surface area contributed by atoms with Crippen LogP contribution in [0.2, 0.25) is 0 Å². The summed E-state index contributed by atoms with van der Waals surface area (Å²) in [6, 6.07) is 1.26. The predicted octanol–water partition coefficient (Wildman–Crippen LogP) is 4.02. The minimum absolute atomic E-state index is 0.0613. The van der Waals surface area contributed by atoms with Crippen molar-refractivity contribution in [3.05, 3.63) is 50.7 Å². The lowest BCUT2D eigenvalue weighted by Gasteiger charge is -2.25. The van der Waals surface area contributed by atoms with Gasteiger partial charge in [-0.25, -0.2) is 9.59 Å². The van der Waals surface area contributed by atoms with Crippen LogP contribution in [0.1, 0.15) is 0 Å². The Bertz CT molecular complexity index is 957. The van der Waals surface area contributed by atoms with Crippen molar-refractivity contribution in [1.29, 1.82) is 0 Å². The Kier molecular flexibility index (Phi) is 5.48. The molecule has 0 amide bonds. The second-order valence-electron chi connectivity index (χ2n) is 5.33. The van der Waals surface area contributed by atoms with Gasteiger partial charge < -0.3 is 23.8 Å². The lowest BCUT2D eigenvalue weighted by atomic mass is 10.1. The summed E-state index contributed by atoms with van der Waals surface area (Å²) in [5.74, 6) is -2.11. The highest BCUT2D eigenvalue weighted by molar-refractivity contribution is 9.11. The number of esters is 2. The highest BCUT2D eigenvalue weighted by atomic mass is 79.9. The summed E-state index contributed by atoms with van der Waals surface area (Å²) < 4.78 is 45.9. The van der Waals surface area contributed by atoms with Crippen LogP contribution in [0.4, 0.5) is 14.5 Å². The van der Waals surface area contributed by atoms with Crippen molar-refractivity contribution >= 4 is 49.5 Å². The van der Waals surface area contributed by atoms with Crippen LogP contribution >= 0.6 is 31.9 Å². The fraction of sp³-hybridized carbons (Fsp3) is 0.176. The number of benzene rings is 1. The first kappa shape index (κ1) is 20.3. The highest BCUT2D eigenvalue weighted by Gasteiger charge is 2.46. The summed E-state index contributed by atoms with van der Waals surface area (Å²) in [6.07, 6.45) is 2.04. The second kappa shape index (κ2) is 7.55. The van der Waals surface area contributed by atoms with Crippen molar-refractivity contribution in [1.82, 2.24) is 0 Å². The van der Waals surface area contributed by atoms with Gasteiger partial charge in [0.1, 0.15) is 5.70 Å². The average molecular weight is 523 g/mol. The van der Waals surface area contributed by atoms with Gasteiger partial charge in [-0.15, -0.1) is 8.78 Å². The van der Waals surface area contributed by atoms with E-state index in [0.717, 1.165) is 14.2 Å². The number of hydrogen-bond acceptors (Lipinski definition) is 7. The third-order valence-corrected chi connectivity index (χ3v) is 5.04. The third-order valence-electron chi connectivity index (χ3n) is 3.69. The molecule has 0 saturated carbocycles. The first-order valence-corrected chi connectivity index (χ1v) is 9.11. The molecule has 0 saturated heterocycles. The zero-order valence-corrected chi connectivity index (χ0v) is 17.5. The summed E-state index contributed by atoms with van der Waals surface area (Å²) in [5.41, 5.74) is -0.0886. The smallest absolute Gasteiger partial charge is 0.465 e. The molecule has 0 unspecified atom stereocenters. The van der Waals surface area contributed by atoms with E-state index >= 15 is 0 Å². The molecule has 3 rings (SSSR count). The fourth-order valence-electron chi connectivity index (χ4n) is 2.57. The summed E-state index contributed by atoms with van der Waals surface area (Å²) in [7, 11) is 2.31. The first-order chi connectivity index (χ1) is 13.2. The molecule has 11 heteroatoms. The number of carbonyl (C=O) groups excluding carboxylic acids is 2. The number of ether oxygens (including phenoxy) is 4. The molecule has 0 bridgehead atoms. The molecule has 0 aromatic heterocycles. The van der Waals surface area contributed by atoms with Gasteiger partial charge >= 0.3 is 18.2 Å². The molecule has 1 aromatic rings. The molecular weight excluding hydrogens is 512 g/mol. The molecule has 0 fully saturated rings. The number of rotatable bonds is 3. The number of halogens is 4. The van der Waals surface area contributed by atoms with E-state index in [4.69, 9.17) is 9.47 Å². The summed E-state index contributed by atoms with van der Waals surface area (Å²) in [4.78, 5) is 26.0. The standard InChI is InChI=1S/C17H11Br2F2NO6/c1-25-15(23)8-5-3-4-6-22(12(8)16(24)26-2)13-9(18)7-10-14(11(13)19)28-17(20,21)27-10/h3-7H,1-2H3. The Labute approximate surface area is 174 Å². The Morgan fingerprint density at radius 3 is 2.43 bits per heavy atom.